The van der Waals surface area contributed by atoms with Gasteiger partial charge in [-0.25, -0.2) is 0 Å². The lowest BCUT2D eigenvalue weighted by atomic mass is 10.1. The highest BCUT2D eigenvalue weighted by Crippen LogP contribution is 2.14. The first-order valence-corrected chi connectivity index (χ1v) is 24.7. The Morgan fingerprint density at radius 2 is 0.650 bits per heavy atom. The fraction of sp³-hybridized carbons (Fsp3) is 0.685. The number of carbonyl (C=O) groups excluding carboxylic acids is 3. The summed E-state index contributed by atoms with van der Waals surface area (Å²) in [6.07, 6.45) is 61.3. The maximum absolute atomic E-state index is 12.7. The molecule has 1 unspecified atom stereocenters. The number of rotatable bonds is 43. The predicted octanol–water partition coefficient (Wildman–Crippen LogP) is 16.0. The molecule has 6 heteroatoms. The van der Waals surface area contributed by atoms with Gasteiger partial charge in [-0.15, -0.1) is 0 Å². The van der Waals surface area contributed by atoms with E-state index in [2.05, 4.69) is 106 Å². The minimum absolute atomic E-state index is 0.0923. The molecule has 0 heterocycles. The Morgan fingerprint density at radius 3 is 1.05 bits per heavy atom. The molecular weight excluding hydrogens is 745 g/mol. The third-order valence-corrected chi connectivity index (χ3v) is 10.3. The van der Waals surface area contributed by atoms with Gasteiger partial charge in [0.05, 0.1) is 0 Å². The Bertz CT molecular complexity index is 1190. The Balaban J connectivity index is 4.45. The van der Waals surface area contributed by atoms with Crippen LogP contribution in [0.5, 0.6) is 0 Å². The van der Waals surface area contributed by atoms with Crippen molar-refractivity contribution >= 4 is 17.9 Å². The molecule has 0 rings (SSSR count). The SMILES string of the molecule is CC\C=C/C=C\C=C/CCCCCCCC(=O)OC(COC(=O)CCCCCCC\C=C/C=C\C=C/C=C\CCCCC)COC(=O)CCCCCCCCCCCCC. The van der Waals surface area contributed by atoms with Gasteiger partial charge in [0.1, 0.15) is 13.2 Å². The van der Waals surface area contributed by atoms with E-state index in [1.807, 2.05) is 0 Å². The van der Waals surface area contributed by atoms with Crippen molar-refractivity contribution in [3.05, 3.63) is 85.1 Å². The van der Waals surface area contributed by atoms with E-state index in [4.69, 9.17) is 14.2 Å². The van der Waals surface area contributed by atoms with Crippen LogP contribution in [0.2, 0.25) is 0 Å². The highest BCUT2D eigenvalue weighted by atomic mass is 16.6. The number of unbranched alkanes of at least 4 members (excludes halogenated alkanes) is 23. The fourth-order valence-electron chi connectivity index (χ4n) is 6.57. The number of hydrogen-bond donors (Lipinski definition) is 0. The van der Waals surface area contributed by atoms with Gasteiger partial charge in [0, 0.05) is 19.3 Å². The van der Waals surface area contributed by atoms with Crippen molar-refractivity contribution in [2.75, 3.05) is 13.2 Å². The molecule has 0 fully saturated rings. The molecule has 0 aromatic carbocycles. The summed E-state index contributed by atoms with van der Waals surface area (Å²) < 4.78 is 16.7. The van der Waals surface area contributed by atoms with Crippen LogP contribution >= 0.6 is 0 Å². The average Bonchev–Trinajstić information content (AvgIpc) is 3.24. The van der Waals surface area contributed by atoms with Crippen LogP contribution in [-0.4, -0.2) is 37.2 Å². The van der Waals surface area contributed by atoms with E-state index in [1.165, 1.54) is 70.6 Å². The summed E-state index contributed by atoms with van der Waals surface area (Å²) in [7, 11) is 0. The Kier molecular flexibility index (Phi) is 45.5. The second-order valence-electron chi connectivity index (χ2n) is 16.1. The van der Waals surface area contributed by atoms with Crippen LogP contribution < -0.4 is 0 Å². The predicted molar refractivity (Wildman–Crippen MR) is 256 cm³/mol. The molecule has 0 aromatic heterocycles. The normalized spacial score (nSPS) is 12.8. The minimum Gasteiger partial charge on any atom is -0.462 e. The maximum atomic E-state index is 12.7. The van der Waals surface area contributed by atoms with Crippen molar-refractivity contribution in [1.29, 1.82) is 0 Å². The quantitative estimate of drug-likeness (QED) is 0.0263. The lowest BCUT2D eigenvalue weighted by Crippen LogP contribution is -2.30. The van der Waals surface area contributed by atoms with Crippen LogP contribution in [0.15, 0.2) is 85.1 Å². The third kappa shape index (κ3) is 45.7. The van der Waals surface area contributed by atoms with E-state index >= 15 is 0 Å². The Hall–Kier alpha value is -3.41. The number of ether oxygens (including phenoxy) is 3. The van der Waals surface area contributed by atoms with E-state index < -0.39 is 6.10 Å². The molecule has 0 N–H and O–H groups in total. The zero-order chi connectivity index (χ0) is 43.7. The second kappa shape index (κ2) is 48.3. The smallest absolute Gasteiger partial charge is 0.306 e. The summed E-state index contributed by atoms with van der Waals surface area (Å²) in [5.74, 6) is -0.940. The molecule has 0 radical (unpaired) electrons. The molecule has 0 amide bonds. The van der Waals surface area contributed by atoms with Gasteiger partial charge in [-0.3, -0.25) is 14.4 Å². The van der Waals surface area contributed by atoms with E-state index in [0.29, 0.717) is 19.3 Å². The van der Waals surface area contributed by atoms with E-state index in [1.54, 1.807) is 0 Å². The topological polar surface area (TPSA) is 78.9 Å². The molecular formula is C54H90O6. The largest absolute Gasteiger partial charge is 0.462 e. The third-order valence-electron chi connectivity index (χ3n) is 10.3. The van der Waals surface area contributed by atoms with Gasteiger partial charge in [0.25, 0.3) is 0 Å². The van der Waals surface area contributed by atoms with Crippen molar-refractivity contribution < 1.29 is 28.6 Å². The van der Waals surface area contributed by atoms with Gasteiger partial charge in [-0.2, -0.15) is 0 Å². The first-order chi connectivity index (χ1) is 29.5. The van der Waals surface area contributed by atoms with E-state index in [-0.39, 0.29) is 31.1 Å². The fourth-order valence-corrected chi connectivity index (χ4v) is 6.57. The molecule has 0 aliphatic rings. The van der Waals surface area contributed by atoms with Gasteiger partial charge in [-0.1, -0.05) is 221 Å². The maximum Gasteiger partial charge on any atom is 0.306 e. The van der Waals surface area contributed by atoms with Crippen LogP contribution in [0.3, 0.4) is 0 Å². The molecule has 0 spiro atoms. The molecule has 0 saturated carbocycles. The Labute approximate surface area is 369 Å². The molecule has 0 bridgehead atoms. The summed E-state index contributed by atoms with van der Waals surface area (Å²) in [6, 6.07) is 0. The van der Waals surface area contributed by atoms with Gasteiger partial charge in [-0.05, 0) is 64.2 Å². The van der Waals surface area contributed by atoms with Crippen LogP contribution in [0.25, 0.3) is 0 Å². The van der Waals surface area contributed by atoms with Crippen LogP contribution in [-0.2, 0) is 28.6 Å². The summed E-state index contributed by atoms with van der Waals surface area (Å²) in [5.41, 5.74) is 0. The van der Waals surface area contributed by atoms with Crippen LogP contribution in [0, 0.1) is 0 Å². The monoisotopic (exact) mass is 835 g/mol. The molecule has 342 valence electrons. The number of hydrogen-bond acceptors (Lipinski definition) is 6. The first-order valence-electron chi connectivity index (χ1n) is 24.7. The number of allylic oxidation sites excluding steroid dienone is 14. The summed E-state index contributed by atoms with van der Waals surface area (Å²) >= 11 is 0. The van der Waals surface area contributed by atoms with Crippen molar-refractivity contribution in [2.45, 2.75) is 226 Å². The molecule has 1 atom stereocenters. The summed E-state index contributed by atoms with van der Waals surface area (Å²) in [4.78, 5) is 37.9. The van der Waals surface area contributed by atoms with E-state index in [0.717, 1.165) is 109 Å². The first kappa shape index (κ1) is 56.6. The molecule has 0 aromatic rings. The summed E-state index contributed by atoms with van der Waals surface area (Å²) in [6.45, 7) is 6.41. The average molecular weight is 835 g/mol. The van der Waals surface area contributed by atoms with Crippen LogP contribution in [0.1, 0.15) is 220 Å². The van der Waals surface area contributed by atoms with Gasteiger partial charge >= 0.3 is 17.9 Å². The standard InChI is InChI=1S/C54H90O6/c1-4-7-10-13-16-19-22-24-25-26-27-28-30-32-35-38-41-44-47-53(56)59-50-51(49-58-52(55)46-43-40-37-34-31-21-18-15-12-9-6-3)60-54(57)48-45-42-39-36-33-29-23-20-17-14-11-8-5-2/h8,11,14,16-17,19-20,22-28,51H,4-7,9-10,12-13,15,18,21,29-50H2,1-3H3/b11-8-,17-14-,19-16-,23-20-,24-22-,26-25-,28-27-. The summed E-state index contributed by atoms with van der Waals surface area (Å²) in [5, 5.41) is 0. The lowest BCUT2D eigenvalue weighted by Gasteiger charge is -2.18. The van der Waals surface area contributed by atoms with E-state index in [9.17, 15) is 14.4 Å². The van der Waals surface area contributed by atoms with Crippen molar-refractivity contribution in [3.63, 3.8) is 0 Å². The van der Waals surface area contributed by atoms with Gasteiger partial charge < -0.3 is 14.2 Å². The zero-order valence-corrected chi connectivity index (χ0v) is 38.9. The zero-order valence-electron chi connectivity index (χ0n) is 38.9. The van der Waals surface area contributed by atoms with Crippen LogP contribution in [0.4, 0.5) is 0 Å². The highest BCUT2D eigenvalue weighted by Gasteiger charge is 2.19. The van der Waals surface area contributed by atoms with Crippen molar-refractivity contribution in [1.82, 2.24) is 0 Å². The molecule has 6 nitrogen and oxygen atoms in total. The minimum atomic E-state index is -0.794. The van der Waals surface area contributed by atoms with Crippen molar-refractivity contribution in [3.8, 4) is 0 Å². The molecule has 0 aliphatic carbocycles. The molecule has 0 aliphatic heterocycles. The number of carbonyl (C=O) groups is 3. The molecule has 60 heavy (non-hydrogen) atoms. The van der Waals surface area contributed by atoms with Crippen molar-refractivity contribution in [2.24, 2.45) is 0 Å². The second-order valence-corrected chi connectivity index (χ2v) is 16.1. The number of esters is 3. The lowest BCUT2D eigenvalue weighted by molar-refractivity contribution is -0.167. The van der Waals surface area contributed by atoms with Gasteiger partial charge in [0.15, 0.2) is 6.10 Å². The Morgan fingerprint density at radius 1 is 0.350 bits per heavy atom. The molecule has 0 saturated heterocycles. The van der Waals surface area contributed by atoms with Gasteiger partial charge in [0.2, 0.25) is 0 Å². The highest BCUT2D eigenvalue weighted by molar-refractivity contribution is 5.71.